The van der Waals surface area contributed by atoms with Gasteiger partial charge in [0.1, 0.15) is 0 Å². The smallest absolute Gasteiger partial charge is 0.0786 e. The van der Waals surface area contributed by atoms with Crippen LogP contribution in [-0.2, 0) is 0 Å². The third-order valence-electron chi connectivity index (χ3n) is 1.91. The first kappa shape index (κ1) is 7.98. The molecule has 1 saturated heterocycles. The topological polar surface area (TPSA) is 15.3 Å². The second-order valence-electron chi connectivity index (χ2n) is 2.94. The highest BCUT2D eigenvalue weighted by Crippen LogP contribution is 1.99. The number of rotatable bonds is 2. The summed E-state index contributed by atoms with van der Waals surface area (Å²) in [6.45, 7) is 7.34. The third-order valence-corrected chi connectivity index (χ3v) is 2.72. The lowest BCUT2D eigenvalue weighted by atomic mass is 10.2. The Morgan fingerprint density at radius 1 is 1.80 bits per heavy atom. The van der Waals surface area contributed by atoms with Crippen LogP contribution in [0.4, 0.5) is 0 Å². The van der Waals surface area contributed by atoms with Crippen molar-refractivity contribution in [3.63, 3.8) is 0 Å². The number of nitrogens with one attached hydrogen (secondary N) is 1. The number of hydrogen-bond acceptors (Lipinski definition) is 2. The van der Waals surface area contributed by atoms with Gasteiger partial charge in [-0.15, -0.1) is 6.58 Å². The van der Waals surface area contributed by atoms with E-state index in [1.807, 2.05) is 6.08 Å². The summed E-state index contributed by atoms with van der Waals surface area (Å²) < 4.78 is 2.49. The highest BCUT2D eigenvalue weighted by Gasteiger charge is 2.13. The van der Waals surface area contributed by atoms with Crippen molar-refractivity contribution in [3.8, 4) is 0 Å². The van der Waals surface area contributed by atoms with E-state index in [4.69, 9.17) is 0 Å². The largest absolute Gasteiger partial charge is 0.329 e. The minimum absolute atomic E-state index is 0.670. The standard InChI is InChI=1S/C7H16N2Si/c1-2-3-7-6-9(10)5-4-8-7/h2,7-8H,1,3-6H2,10H3. The first-order valence-electron chi connectivity index (χ1n) is 3.85. The summed E-state index contributed by atoms with van der Waals surface area (Å²) in [4.78, 5) is 0. The Morgan fingerprint density at radius 3 is 3.20 bits per heavy atom. The maximum Gasteiger partial charge on any atom is 0.0786 e. The third kappa shape index (κ3) is 2.25. The summed E-state index contributed by atoms with van der Waals surface area (Å²) in [5, 5.41) is 3.46. The Hall–Kier alpha value is -0.123. The van der Waals surface area contributed by atoms with E-state index < -0.39 is 0 Å². The minimum Gasteiger partial charge on any atom is -0.329 e. The van der Waals surface area contributed by atoms with E-state index in [0.717, 1.165) is 13.0 Å². The van der Waals surface area contributed by atoms with Gasteiger partial charge in [0, 0.05) is 25.7 Å². The summed E-state index contributed by atoms with van der Waals surface area (Å²) in [7, 11) is 1.21. The SMILES string of the molecule is C=CCC1CN([SiH3])CCN1. The molecular formula is C7H16N2Si. The average molecular weight is 156 g/mol. The number of piperazine rings is 1. The lowest BCUT2D eigenvalue weighted by Crippen LogP contribution is -2.49. The van der Waals surface area contributed by atoms with Crippen LogP contribution in [0.1, 0.15) is 6.42 Å². The van der Waals surface area contributed by atoms with Crippen molar-refractivity contribution in [2.45, 2.75) is 12.5 Å². The van der Waals surface area contributed by atoms with Crippen molar-refractivity contribution in [2.75, 3.05) is 19.6 Å². The quantitative estimate of drug-likeness (QED) is 0.412. The second kappa shape index (κ2) is 3.90. The van der Waals surface area contributed by atoms with Crippen molar-refractivity contribution in [1.29, 1.82) is 0 Å². The van der Waals surface area contributed by atoms with Crippen molar-refractivity contribution < 1.29 is 0 Å². The second-order valence-corrected chi connectivity index (χ2v) is 4.20. The molecule has 2 nitrogen and oxygen atoms in total. The molecule has 0 aliphatic carbocycles. The Morgan fingerprint density at radius 2 is 2.60 bits per heavy atom. The molecule has 0 amide bonds. The van der Waals surface area contributed by atoms with Crippen LogP contribution < -0.4 is 5.32 Å². The molecule has 3 heteroatoms. The highest BCUT2D eigenvalue weighted by atomic mass is 28.2. The zero-order valence-corrected chi connectivity index (χ0v) is 8.64. The maximum atomic E-state index is 3.73. The van der Waals surface area contributed by atoms with E-state index in [1.165, 1.54) is 23.5 Å². The molecular weight excluding hydrogens is 140 g/mol. The fourth-order valence-electron chi connectivity index (χ4n) is 1.35. The van der Waals surface area contributed by atoms with E-state index in [0.29, 0.717) is 6.04 Å². The molecule has 0 aromatic heterocycles. The van der Waals surface area contributed by atoms with Gasteiger partial charge in [0.2, 0.25) is 0 Å². The van der Waals surface area contributed by atoms with E-state index in [-0.39, 0.29) is 0 Å². The molecule has 1 unspecified atom stereocenters. The normalized spacial score (nSPS) is 28.6. The van der Waals surface area contributed by atoms with Gasteiger partial charge in [0.15, 0.2) is 0 Å². The lowest BCUT2D eigenvalue weighted by molar-refractivity contribution is 0.311. The van der Waals surface area contributed by atoms with E-state index >= 15 is 0 Å². The van der Waals surface area contributed by atoms with E-state index in [2.05, 4.69) is 16.5 Å². The van der Waals surface area contributed by atoms with Crippen LogP contribution in [0.3, 0.4) is 0 Å². The van der Waals surface area contributed by atoms with E-state index in [1.54, 1.807) is 0 Å². The van der Waals surface area contributed by atoms with E-state index in [9.17, 15) is 0 Å². The molecule has 1 aliphatic heterocycles. The van der Waals surface area contributed by atoms with Crippen molar-refractivity contribution in [3.05, 3.63) is 12.7 Å². The fraction of sp³-hybridized carbons (Fsp3) is 0.714. The Labute approximate surface area is 65.8 Å². The number of hydrogen-bond donors (Lipinski definition) is 1. The van der Waals surface area contributed by atoms with Gasteiger partial charge in [-0.3, -0.25) is 0 Å². The van der Waals surface area contributed by atoms with Gasteiger partial charge in [-0.2, -0.15) is 0 Å². The van der Waals surface area contributed by atoms with Crippen LogP contribution >= 0.6 is 0 Å². The molecule has 0 aromatic rings. The summed E-state index contributed by atoms with van der Waals surface area (Å²) >= 11 is 0. The molecule has 1 fully saturated rings. The molecule has 0 radical (unpaired) electrons. The highest BCUT2D eigenvalue weighted by molar-refractivity contribution is 6.04. The molecule has 1 N–H and O–H groups in total. The molecule has 1 rings (SSSR count). The first-order chi connectivity index (χ1) is 4.83. The molecule has 0 aromatic carbocycles. The van der Waals surface area contributed by atoms with Crippen molar-refractivity contribution in [1.82, 2.24) is 9.88 Å². The first-order valence-corrected chi connectivity index (χ1v) is 4.75. The van der Waals surface area contributed by atoms with Gasteiger partial charge < -0.3 is 9.88 Å². The van der Waals surface area contributed by atoms with Crippen LogP contribution in [0.2, 0.25) is 0 Å². The van der Waals surface area contributed by atoms with Crippen LogP contribution in [0, 0.1) is 0 Å². The molecule has 0 saturated carbocycles. The Balaban J connectivity index is 2.24. The van der Waals surface area contributed by atoms with Gasteiger partial charge in [-0.25, -0.2) is 0 Å². The molecule has 1 atom stereocenters. The van der Waals surface area contributed by atoms with Crippen LogP contribution in [0.5, 0.6) is 0 Å². The molecule has 0 bridgehead atoms. The van der Waals surface area contributed by atoms with Crippen molar-refractivity contribution in [2.24, 2.45) is 0 Å². The molecule has 10 heavy (non-hydrogen) atoms. The van der Waals surface area contributed by atoms with Gasteiger partial charge in [0.05, 0.1) is 10.4 Å². The summed E-state index contributed by atoms with van der Waals surface area (Å²) in [5.74, 6) is 0. The molecule has 58 valence electrons. The zero-order valence-electron chi connectivity index (χ0n) is 6.64. The van der Waals surface area contributed by atoms with Gasteiger partial charge in [-0.05, 0) is 6.42 Å². The molecule has 0 spiro atoms. The van der Waals surface area contributed by atoms with Crippen LogP contribution in [0.15, 0.2) is 12.7 Å². The molecule has 1 aliphatic rings. The Bertz CT molecular complexity index is 116. The Kier molecular flexibility index (Phi) is 3.12. The van der Waals surface area contributed by atoms with Gasteiger partial charge >= 0.3 is 0 Å². The fourth-order valence-corrected chi connectivity index (χ4v) is 2.02. The summed E-state index contributed by atoms with van der Waals surface area (Å²) in [5.41, 5.74) is 0. The summed E-state index contributed by atoms with van der Waals surface area (Å²) in [6, 6.07) is 0.670. The monoisotopic (exact) mass is 156 g/mol. The zero-order chi connectivity index (χ0) is 7.40. The lowest BCUT2D eigenvalue weighted by Gasteiger charge is -2.30. The average Bonchev–Trinajstić information content (AvgIpc) is 1.88. The maximum absolute atomic E-state index is 3.73. The van der Waals surface area contributed by atoms with Crippen LogP contribution in [0.25, 0.3) is 0 Å². The van der Waals surface area contributed by atoms with Crippen LogP contribution in [-0.4, -0.2) is 40.6 Å². The minimum atomic E-state index is 0.670. The predicted octanol–water partition coefficient (Wildman–Crippen LogP) is -0.883. The molecule has 1 heterocycles. The number of nitrogens with zero attached hydrogens (tertiary/aromatic N) is 1. The summed E-state index contributed by atoms with van der Waals surface area (Å²) in [6.07, 6.45) is 3.11. The van der Waals surface area contributed by atoms with Gasteiger partial charge in [0.25, 0.3) is 0 Å². The van der Waals surface area contributed by atoms with Gasteiger partial charge in [-0.1, -0.05) is 6.08 Å². The predicted molar refractivity (Wildman–Crippen MR) is 48.1 cm³/mol. The van der Waals surface area contributed by atoms with Crippen molar-refractivity contribution >= 4 is 10.4 Å².